The van der Waals surface area contributed by atoms with Gasteiger partial charge in [-0.2, -0.15) is 0 Å². The van der Waals surface area contributed by atoms with Crippen molar-refractivity contribution in [1.82, 2.24) is 5.32 Å². The molecule has 1 aromatic rings. The van der Waals surface area contributed by atoms with Crippen molar-refractivity contribution in [2.45, 2.75) is 13.0 Å². The average molecular weight is 281 g/mol. The van der Waals surface area contributed by atoms with Crippen LogP contribution in [0.15, 0.2) is 24.3 Å². The van der Waals surface area contributed by atoms with Crippen molar-refractivity contribution < 1.29 is 14.3 Å². The van der Waals surface area contributed by atoms with Gasteiger partial charge in [-0.15, -0.1) is 0 Å². The molecule has 1 rings (SSSR count). The van der Waals surface area contributed by atoms with E-state index in [1.807, 2.05) is 31.2 Å². The van der Waals surface area contributed by atoms with Crippen LogP contribution < -0.4 is 16.4 Å². The molecule has 0 heterocycles. The van der Waals surface area contributed by atoms with Gasteiger partial charge in [-0.25, -0.2) is 4.79 Å². The summed E-state index contributed by atoms with van der Waals surface area (Å²) in [5, 5.41) is 5.46. The Hall–Kier alpha value is -1.63. The van der Waals surface area contributed by atoms with Gasteiger partial charge < -0.3 is 25.8 Å². The van der Waals surface area contributed by atoms with E-state index < -0.39 is 0 Å². The Kier molecular flexibility index (Phi) is 7.64. The molecule has 0 spiro atoms. The quantitative estimate of drug-likeness (QED) is 0.630. The Bertz CT molecular complexity index is 410. The van der Waals surface area contributed by atoms with Gasteiger partial charge in [0.2, 0.25) is 0 Å². The van der Waals surface area contributed by atoms with Crippen molar-refractivity contribution in [1.29, 1.82) is 0 Å². The molecule has 4 N–H and O–H groups in total. The Morgan fingerprint density at radius 1 is 1.35 bits per heavy atom. The smallest absolute Gasteiger partial charge is 0.319 e. The first-order chi connectivity index (χ1) is 9.63. The van der Waals surface area contributed by atoms with Crippen LogP contribution in [-0.2, 0) is 9.47 Å². The van der Waals surface area contributed by atoms with Crippen LogP contribution in [0, 0.1) is 0 Å². The molecule has 2 amide bonds. The maximum atomic E-state index is 11.6. The predicted octanol–water partition coefficient (Wildman–Crippen LogP) is 1.49. The molecule has 0 aliphatic heterocycles. The van der Waals surface area contributed by atoms with Gasteiger partial charge in [-0.05, 0) is 24.6 Å². The Labute approximate surface area is 119 Å². The zero-order valence-corrected chi connectivity index (χ0v) is 12.0. The maximum Gasteiger partial charge on any atom is 0.319 e. The lowest BCUT2D eigenvalue weighted by atomic mass is 10.1. The molecule has 0 radical (unpaired) electrons. The second-order valence-corrected chi connectivity index (χ2v) is 4.40. The van der Waals surface area contributed by atoms with Crippen molar-refractivity contribution in [2.75, 3.05) is 38.8 Å². The second kappa shape index (κ2) is 9.30. The minimum absolute atomic E-state index is 0.0611. The number of urea groups is 1. The molecule has 0 saturated carbocycles. The minimum atomic E-state index is -0.262. The summed E-state index contributed by atoms with van der Waals surface area (Å²) in [5.41, 5.74) is 7.49. The summed E-state index contributed by atoms with van der Waals surface area (Å²) in [6, 6.07) is 7.15. The first-order valence-corrected chi connectivity index (χ1v) is 6.60. The molecule has 1 unspecified atom stereocenters. The highest BCUT2D eigenvalue weighted by atomic mass is 16.5. The number of benzene rings is 1. The van der Waals surface area contributed by atoms with Gasteiger partial charge in [-0.1, -0.05) is 12.1 Å². The first kappa shape index (κ1) is 16.4. The summed E-state index contributed by atoms with van der Waals surface area (Å²) in [6.45, 7) is 3.88. The fourth-order valence-corrected chi connectivity index (χ4v) is 1.56. The lowest BCUT2D eigenvalue weighted by molar-refractivity contribution is 0.0728. The number of ether oxygens (including phenoxy) is 2. The number of hydrogen-bond acceptors (Lipinski definition) is 4. The zero-order chi connectivity index (χ0) is 14.8. The summed E-state index contributed by atoms with van der Waals surface area (Å²) in [6.07, 6.45) is 0. The first-order valence-electron chi connectivity index (χ1n) is 6.60. The number of nitrogens with one attached hydrogen (secondary N) is 2. The number of anilines is 1. The van der Waals surface area contributed by atoms with E-state index in [2.05, 4.69) is 10.6 Å². The fraction of sp³-hybridized carbons (Fsp3) is 0.500. The summed E-state index contributed by atoms with van der Waals surface area (Å²) in [7, 11) is 1.62. The topological polar surface area (TPSA) is 85.6 Å². The Balaban J connectivity index is 2.26. The highest BCUT2D eigenvalue weighted by Gasteiger charge is 2.03. The van der Waals surface area contributed by atoms with E-state index in [-0.39, 0.29) is 12.1 Å². The van der Waals surface area contributed by atoms with E-state index in [1.165, 1.54) is 0 Å². The van der Waals surface area contributed by atoms with Crippen LogP contribution >= 0.6 is 0 Å². The van der Waals surface area contributed by atoms with E-state index in [0.717, 1.165) is 11.3 Å². The molecule has 1 aromatic carbocycles. The van der Waals surface area contributed by atoms with Crippen molar-refractivity contribution in [2.24, 2.45) is 5.73 Å². The molecule has 20 heavy (non-hydrogen) atoms. The maximum absolute atomic E-state index is 11.6. The summed E-state index contributed by atoms with van der Waals surface area (Å²) in [4.78, 5) is 11.6. The highest BCUT2D eigenvalue weighted by Crippen LogP contribution is 2.15. The molecule has 0 saturated heterocycles. The van der Waals surface area contributed by atoms with Crippen LogP contribution in [0.1, 0.15) is 18.5 Å². The third-order valence-corrected chi connectivity index (χ3v) is 2.63. The van der Waals surface area contributed by atoms with Gasteiger partial charge in [0, 0.05) is 25.4 Å². The number of hydrogen-bond donors (Lipinski definition) is 3. The predicted molar refractivity (Wildman–Crippen MR) is 78.8 cm³/mol. The molecule has 0 aliphatic rings. The van der Waals surface area contributed by atoms with Crippen molar-refractivity contribution >= 4 is 11.7 Å². The Morgan fingerprint density at radius 3 is 2.85 bits per heavy atom. The normalized spacial score (nSPS) is 11.9. The number of nitrogens with two attached hydrogens (primary N) is 1. The summed E-state index contributed by atoms with van der Waals surface area (Å²) in [5.74, 6) is 0. The molecule has 0 aromatic heterocycles. The lowest BCUT2D eigenvalue weighted by Gasteiger charge is -2.10. The van der Waals surface area contributed by atoms with Crippen LogP contribution in [0.2, 0.25) is 0 Å². The van der Waals surface area contributed by atoms with Crippen LogP contribution in [0.5, 0.6) is 0 Å². The second-order valence-electron chi connectivity index (χ2n) is 4.40. The largest absolute Gasteiger partial charge is 0.382 e. The zero-order valence-electron chi connectivity index (χ0n) is 12.0. The van der Waals surface area contributed by atoms with Crippen molar-refractivity contribution in [3.63, 3.8) is 0 Å². The molecule has 112 valence electrons. The van der Waals surface area contributed by atoms with Crippen molar-refractivity contribution in [3.8, 4) is 0 Å². The van der Waals surface area contributed by atoms with Crippen LogP contribution in [0.25, 0.3) is 0 Å². The van der Waals surface area contributed by atoms with E-state index in [9.17, 15) is 4.79 Å². The third kappa shape index (κ3) is 6.51. The van der Waals surface area contributed by atoms with Crippen LogP contribution in [0.4, 0.5) is 10.5 Å². The SMILES string of the molecule is COCCOCCNC(=O)Nc1cccc(C(C)N)c1. The molecule has 6 nitrogen and oxygen atoms in total. The number of rotatable bonds is 8. The van der Waals surface area contributed by atoms with Crippen LogP contribution in [0.3, 0.4) is 0 Å². The number of carbonyl (C=O) groups is 1. The van der Waals surface area contributed by atoms with E-state index in [4.69, 9.17) is 15.2 Å². The number of amides is 2. The standard InChI is InChI=1S/C14H23N3O3/c1-11(15)12-4-3-5-13(10-12)17-14(18)16-6-7-20-9-8-19-2/h3-5,10-11H,6-9,15H2,1-2H3,(H2,16,17,18). The van der Waals surface area contributed by atoms with Crippen LogP contribution in [-0.4, -0.2) is 39.5 Å². The summed E-state index contributed by atoms with van der Waals surface area (Å²) < 4.78 is 10.1. The van der Waals surface area contributed by atoms with Gasteiger partial charge in [-0.3, -0.25) is 0 Å². The molecule has 0 aliphatic carbocycles. The van der Waals surface area contributed by atoms with E-state index in [0.29, 0.717) is 26.4 Å². The fourth-order valence-electron chi connectivity index (χ4n) is 1.56. The third-order valence-electron chi connectivity index (χ3n) is 2.63. The minimum Gasteiger partial charge on any atom is -0.382 e. The van der Waals surface area contributed by atoms with Crippen molar-refractivity contribution in [3.05, 3.63) is 29.8 Å². The van der Waals surface area contributed by atoms with E-state index >= 15 is 0 Å². The average Bonchev–Trinajstić information content (AvgIpc) is 2.43. The molecule has 0 fully saturated rings. The van der Waals surface area contributed by atoms with Gasteiger partial charge in [0.15, 0.2) is 0 Å². The van der Waals surface area contributed by atoms with Gasteiger partial charge in [0.1, 0.15) is 0 Å². The molecular formula is C14H23N3O3. The molecule has 6 heteroatoms. The Morgan fingerprint density at radius 2 is 2.15 bits per heavy atom. The van der Waals surface area contributed by atoms with Gasteiger partial charge in [0.05, 0.1) is 19.8 Å². The highest BCUT2D eigenvalue weighted by molar-refractivity contribution is 5.89. The number of carbonyl (C=O) groups excluding carboxylic acids is 1. The van der Waals surface area contributed by atoms with E-state index in [1.54, 1.807) is 7.11 Å². The monoisotopic (exact) mass is 281 g/mol. The lowest BCUT2D eigenvalue weighted by Crippen LogP contribution is -2.31. The number of methoxy groups -OCH3 is 1. The van der Waals surface area contributed by atoms with Gasteiger partial charge in [0.25, 0.3) is 0 Å². The molecular weight excluding hydrogens is 258 g/mol. The molecule has 0 bridgehead atoms. The van der Waals surface area contributed by atoms with Gasteiger partial charge >= 0.3 is 6.03 Å². The summed E-state index contributed by atoms with van der Waals surface area (Å²) >= 11 is 0. The molecule has 1 atom stereocenters.